The molecule has 3 nitrogen and oxygen atoms in total. The summed E-state index contributed by atoms with van der Waals surface area (Å²) in [6.07, 6.45) is 6.57. The Balaban J connectivity index is 1.50. The third-order valence-electron chi connectivity index (χ3n) is 9.49. The Labute approximate surface area is 284 Å². The summed E-state index contributed by atoms with van der Waals surface area (Å²) in [6, 6.07) is 45.5. The molecule has 6 aromatic carbocycles. The molecule has 0 aliphatic rings. The second kappa shape index (κ2) is 14.9. The number of benzene rings is 6. The van der Waals surface area contributed by atoms with Crippen molar-refractivity contribution >= 4 is 27.3 Å². The van der Waals surface area contributed by atoms with Crippen LogP contribution in [0.4, 0.5) is 0 Å². The van der Waals surface area contributed by atoms with Crippen molar-refractivity contribution in [1.29, 1.82) is 10.5 Å². The molecule has 236 valence electrons. The molecule has 0 heterocycles. The molecule has 0 amide bonds. The number of Topliss-reactive ketones (excluding diaryl/α,β-unsaturated/α-hetero) is 1. The van der Waals surface area contributed by atoms with Crippen LogP contribution in [0.1, 0.15) is 95.9 Å². The van der Waals surface area contributed by atoms with E-state index in [0.717, 1.165) is 82.3 Å². The van der Waals surface area contributed by atoms with Crippen LogP contribution in [0.2, 0.25) is 0 Å². The number of carbonyl (C=O) groups excluding carboxylic acids is 1. The van der Waals surface area contributed by atoms with Crippen LogP contribution in [0.15, 0.2) is 121 Å². The average Bonchev–Trinajstić information content (AvgIpc) is 3.13. The zero-order chi connectivity index (χ0) is 33.5. The van der Waals surface area contributed by atoms with Crippen molar-refractivity contribution in [2.45, 2.75) is 64.2 Å². The summed E-state index contributed by atoms with van der Waals surface area (Å²) in [5.74, 6) is -0.906. The first-order chi connectivity index (χ1) is 23.5. The fourth-order valence-corrected chi connectivity index (χ4v) is 6.75. The van der Waals surface area contributed by atoms with E-state index >= 15 is 4.79 Å². The van der Waals surface area contributed by atoms with Crippen LogP contribution in [0.5, 0.6) is 0 Å². The van der Waals surface area contributed by atoms with E-state index < -0.39 is 11.8 Å². The molecular formula is C45H40N2O. The summed E-state index contributed by atoms with van der Waals surface area (Å²) < 4.78 is 0. The smallest absolute Gasteiger partial charge is 0.156 e. The van der Waals surface area contributed by atoms with Crippen LogP contribution >= 0.6 is 0 Å². The summed E-state index contributed by atoms with van der Waals surface area (Å²) in [5.41, 5.74) is 7.59. The van der Waals surface area contributed by atoms with Gasteiger partial charge in [-0.25, -0.2) is 0 Å². The molecule has 0 aliphatic carbocycles. The summed E-state index contributed by atoms with van der Waals surface area (Å²) in [7, 11) is 0. The van der Waals surface area contributed by atoms with E-state index in [1.54, 1.807) is 0 Å². The SMILES string of the molecule is CCCCc1ccc(C(C(=O)C(c2ccc(CCCC)cc2)c2ccc3cc(C#N)ccc3c2)c2ccc3cc(C#N)ccc3c2)cc1. The molecule has 0 N–H and O–H groups in total. The maximum absolute atomic E-state index is 15.3. The third-order valence-corrected chi connectivity index (χ3v) is 9.49. The van der Waals surface area contributed by atoms with Crippen LogP contribution in [0, 0.1) is 22.7 Å². The van der Waals surface area contributed by atoms with Crippen LogP contribution in [-0.2, 0) is 17.6 Å². The van der Waals surface area contributed by atoms with E-state index in [4.69, 9.17) is 0 Å². The van der Waals surface area contributed by atoms with Crippen molar-refractivity contribution in [2.24, 2.45) is 0 Å². The van der Waals surface area contributed by atoms with Gasteiger partial charge in [0.1, 0.15) is 0 Å². The Morgan fingerprint density at radius 1 is 0.500 bits per heavy atom. The molecule has 6 aromatic rings. The lowest BCUT2D eigenvalue weighted by molar-refractivity contribution is -0.120. The van der Waals surface area contributed by atoms with Crippen molar-refractivity contribution in [3.05, 3.63) is 166 Å². The lowest BCUT2D eigenvalue weighted by atomic mass is 9.76. The largest absolute Gasteiger partial charge is 0.298 e. The summed E-state index contributed by atoms with van der Waals surface area (Å²) in [6.45, 7) is 4.40. The zero-order valence-corrected chi connectivity index (χ0v) is 27.7. The summed E-state index contributed by atoms with van der Waals surface area (Å²) >= 11 is 0. The van der Waals surface area contributed by atoms with Crippen LogP contribution in [-0.4, -0.2) is 5.78 Å². The second-order valence-electron chi connectivity index (χ2n) is 12.8. The molecule has 0 saturated carbocycles. The first-order valence-corrected chi connectivity index (χ1v) is 17.1. The minimum atomic E-state index is -0.508. The summed E-state index contributed by atoms with van der Waals surface area (Å²) in [5, 5.41) is 22.9. The number of nitriles is 2. The van der Waals surface area contributed by atoms with E-state index in [0.29, 0.717) is 11.1 Å². The van der Waals surface area contributed by atoms with Gasteiger partial charge in [0, 0.05) is 0 Å². The lowest BCUT2D eigenvalue weighted by Crippen LogP contribution is -2.23. The monoisotopic (exact) mass is 624 g/mol. The van der Waals surface area contributed by atoms with Gasteiger partial charge in [-0.05, 0) is 105 Å². The van der Waals surface area contributed by atoms with Gasteiger partial charge in [-0.3, -0.25) is 4.79 Å². The van der Waals surface area contributed by atoms with E-state index in [9.17, 15) is 10.5 Å². The van der Waals surface area contributed by atoms with Crippen molar-refractivity contribution in [3.63, 3.8) is 0 Å². The molecule has 0 aromatic heterocycles. The molecule has 3 heteroatoms. The second-order valence-corrected chi connectivity index (χ2v) is 12.8. The van der Waals surface area contributed by atoms with Crippen LogP contribution < -0.4 is 0 Å². The van der Waals surface area contributed by atoms with Crippen LogP contribution in [0.3, 0.4) is 0 Å². The Kier molecular flexibility index (Phi) is 10.1. The average molecular weight is 625 g/mol. The number of hydrogen-bond donors (Lipinski definition) is 0. The highest BCUT2D eigenvalue weighted by Crippen LogP contribution is 2.38. The molecular weight excluding hydrogens is 585 g/mol. The fraction of sp³-hybridized carbons (Fsp3) is 0.222. The number of aryl methyl sites for hydroxylation is 2. The van der Waals surface area contributed by atoms with Crippen molar-refractivity contribution in [1.82, 2.24) is 0 Å². The molecule has 0 saturated heterocycles. The molecule has 2 atom stereocenters. The number of nitrogens with zero attached hydrogens (tertiary/aromatic N) is 2. The fourth-order valence-electron chi connectivity index (χ4n) is 6.75. The Morgan fingerprint density at radius 2 is 0.854 bits per heavy atom. The molecule has 0 fully saturated rings. The predicted molar refractivity (Wildman–Crippen MR) is 196 cm³/mol. The lowest BCUT2D eigenvalue weighted by Gasteiger charge is -2.25. The molecule has 2 unspecified atom stereocenters. The molecule has 0 aliphatic heterocycles. The minimum absolute atomic E-state index is 0.110. The first kappa shape index (κ1) is 32.4. The highest BCUT2D eigenvalue weighted by Gasteiger charge is 2.32. The number of unbranched alkanes of at least 4 members (excludes halogenated alkanes) is 2. The number of hydrogen-bond acceptors (Lipinski definition) is 3. The topological polar surface area (TPSA) is 64.7 Å². The normalized spacial score (nSPS) is 12.3. The van der Waals surface area contributed by atoms with E-state index in [-0.39, 0.29) is 5.78 Å². The quantitative estimate of drug-likeness (QED) is 0.136. The van der Waals surface area contributed by atoms with Gasteiger partial charge in [-0.15, -0.1) is 0 Å². The molecule has 6 rings (SSSR count). The van der Waals surface area contributed by atoms with Gasteiger partial charge in [-0.1, -0.05) is 124 Å². The van der Waals surface area contributed by atoms with Gasteiger partial charge < -0.3 is 0 Å². The minimum Gasteiger partial charge on any atom is -0.298 e. The van der Waals surface area contributed by atoms with Crippen LogP contribution in [0.25, 0.3) is 21.5 Å². The maximum Gasteiger partial charge on any atom is 0.156 e. The highest BCUT2D eigenvalue weighted by atomic mass is 16.1. The number of fused-ring (bicyclic) bond motifs is 2. The van der Waals surface area contributed by atoms with Crippen molar-refractivity contribution < 1.29 is 4.79 Å². The standard InChI is InChI=1S/C45H40N2O/c1-3-5-7-31-9-15-35(16-10-31)43(41-23-21-37-25-33(29-46)13-19-39(37)27-41)45(48)44(36-17-11-32(12-18-36)8-6-4-2)42-24-22-38-26-34(30-47)14-20-40(38)28-42/h9-28,43-44H,3-8H2,1-2H3. The van der Waals surface area contributed by atoms with Gasteiger partial charge >= 0.3 is 0 Å². The van der Waals surface area contributed by atoms with Gasteiger partial charge in [0.2, 0.25) is 0 Å². The third kappa shape index (κ3) is 7.07. The Morgan fingerprint density at radius 3 is 1.23 bits per heavy atom. The van der Waals surface area contributed by atoms with Gasteiger partial charge in [0.05, 0.1) is 35.1 Å². The van der Waals surface area contributed by atoms with Crippen molar-refractivity contribution in [2.75, 3.05) is 0 Å². The number of rotatable bonds is 12. The van der Waals surface area contributed by atoms with E-state index in [2.05, 4.69) is 86.6 Å². The Hall–Kier alpha value is -5.51. The number of ketones is 1. The zero-order valence-electron chi connectivity index (χ0n) is 27.7. The van der Waals surface area contributed by atoms with E-state index in [1.165, 1.54) is 11.1 Å². The number of carbonyl (C=O) groups is 1. The van der Waals surface area contributed by atoms with Crippen molar-refractivity contribution in [3.8, 4) is 12.1 Å². The van der Waals surface area contributed by atoms with Gasteiger partial charge in [0.15, 0.2) is 5.78 Å². The molecule has 0 radical (unpaired) electrons. The first-order valence-electron chi connectivity index (χ1n) is 17.1. The summed E-state index contributed by atoms with van der Waals surface area (Å²) in [4.78, 5) is 15.3. The molecule has 0 bridgehead atoms. The Bertz CT molecular complexity index is 1990. The predicted octanol–water partition coefficient (Wildman–Crippen LogP) is 11.0. The maximum atomic E-state index is 15.3. The molecule has 0 spiro atoms. The van der Waals surface area contributed by atoms with Gasteiger partial charge in [-0.2, -0.15) is 10.5 Å². The highest BCUT2D eigenvalue weighted by molar-refractivity contribution is 5.99. The van der Waals surface area contributed by atoms with Gasteiger partial charge in [0.25, 0.3) is 0 Å². The molecule has 48 heavy (non-hydrogen) atoms. The van der Waals surface area contributed by atoms with E-state index in [1.807, 2.05) is 60.7 Å².